The summed E-state index contributed by atoms with van der Waals surface area (Å²) in [5.74, 6) is -0.344. The fraction of sp³-hybridized carbons (Fsp3) is 0.238. The van der Waals surface area contributed by atoms with Crippen LogP contribution in [-0.4, -0.2) is 41.3 Å². The van der Waals surface area contributed by atoms with Gasteiger partial charge in [-0.1, -0.05) is 24.3 Å². The number of aliphatic hydroxyl groups is 1. The van der Waals surface area contributed by atoms with Crippen LogP contribution in [-0.2, 0) is 6.61 Å². The van der Waals surface area contributed by atoms with Crippen molar-refractivity contribution in [3.63, 3.8) is 0 Å². The molecular formula is C21H20F2N4O. The maximum absolute atomic E-state index is 14.0. The second-order valence-electron chi connectivity index (χ2n) is 6.69. The molecular weight excluding hydrogens is 362 g/mol. The van der Waals surface area contributed by atoms with Crippen molar-refractivity contribution in [2.45, 2.75) is 6.61 Å². The lowest BCUT2D eigenvalue weighted by atomic mass is 10.1. The molecule has 1 saturated heterocycles. The molecule has 0 unspecified atom stereocenters. The number of hydrogen-bond acceptors (Lipinski definition) is 5. The first-order valence-electron chi connectivity index (χ1n) is 9.11. The number of benzene rings is 2. The predicted molar refractivity (Wildman–Crippen MR) is 104 cm³/mol. The number of rotatable bonds is 4. The third kappa shape index (κ3) is 3.80. The molecule has 1 aromatic heterocycles. The predicted octanol–water partition coefficient (Wildman–Crippen LogP) is 3.24. The van der Waals surface area contributed by atoms with Crippen molar-refractivity contribution in [3.8, 4) is 11.3 Å². The summed E-state index contributed by atoms with van der Waals surface area (Å²) >= 11 is 0. The highest BCUT2D eigenvalue weighted by Gasteiger charge is 2.21. The lowest BCUT2D eigenvalue weighted by molar-refractivity contribution is 0.282. The minimum atomic E-state index is -0.570. The molecule has 0 atom stereocenters. The summed E-state index contributed by atoms with van der Waals surface area (Å²) in [4.78, 5) is 13.0. The molecule has 1 aliphatic rings. The lowest BCUT2D eigenvalue weighted by Gasteiger charge is -2.36. The van der Waals surface area contributed by atoms with Crippen LogP contribution in [0.3, 0.4) is 0 Å². The Bertz CT molecular complexity index is 957. The summed E-state index contributed by atoms with van der Waals surface area (Å²) in [7, 11) is 0. The average molecular weight is 382 g/mol. The maximum atomic E-state index is 14.0. The third-order valence-electron chi connectivity index (χ3n) is 4.91. The van der Waals surface area contributed by atoms with Gasteiger partial charge in [0.05, 0.1) is 30.4 Å². The molecule has 144 valence electrons. The molecule has 0 amide bonds. The summed E-state index contributed by atoms with van der Waals surface area (Å²) in [5.41, 5.74) is 2.95. The van der Waals surface area contributed by atoms with Crippen LogP contribution in [0.4, 0.5) is 20.3 Å². The smallest absolute Gasteiger partial charge is 0.149 e. The van der Waals surface area contributed by atoms with Gasteiger partial charge in [-0.05, 0) is 17.7 Å². The number of aromatic nitrogens is 2. The van der Waals surface area contributed by atoms with Gasteiger partial charge in [-0.2, -0.15) is 0 Å². The van der Waals surface area contributed by atoms with E-state index in [9.17, 15) is 8.78 Å². The maximum Gasteiger partial charge on any atom is 0.149 e. The van der Waals surface area contributed by atoms with Gasteiger partial charge >= 0.3 is 0 Å². The number of hydrogen-bond donors (Lipinski definition) is 1. The van der Waals surface area contributed by atoms with Gasteiger partial charge in [0.25, 0.3) is 0 Å². The molecule has 4 rings (SSSR count). The zero-order valence-electron chi connectivity index (χ0n) is 15.2. The number of nitrogens with zero attached hydrogens (tertiary/aromatic N) is 4. The Morgan fingerprint density at radius 1 is 0.893 bits per heavy atom. The van der Waals surface area contributed by atoms with Gasteiger partial charge in [0.1, 0.15) is 17.5 Å². The Labute approximate surface area is 161 Å². The van der Waals surface area contributed by atoms with Crippen LogP contribution < -0.4 is 9.80 Å². The van der Waals surface area contributed by atoms with Crippen molar-refractivity contribution < 1.29 is 13.9 Å². The van der Waals surface area contributed by atoms with Crippen LogP contribution >= 0.6 is 0 Å². The van der Waals surface area contributed by atoms with Crippen molar-refractivity contribution in [2.75, 3.05) is 36.0 Å². The van der Waals surface area contributed by atoms with Crippen LogP contribution in [0.15, 0.2) is 54.9 Å². The van der Waals surface area contributed by atoms with E-state index in [4.69, 9.17) is 10.1 Å². The van der Waals surface area contributed by atoms with Crippen molar-refractivity contribution in [1.29, 1.82) is 0 Å². The first kappa shape index (κ1) is 18.3. The molecule has 1 aliphatic heterocycles. The molecule has 0 aliphatic carbocycles. The molecule has 0 saturated carbocycles. The fourth-order valence-electron chi connectivity index (χ4n) is 3.34. The average Bonchev–Trinajstić information content (AvgIpc) is 2.74. The molecule has 5 nitrogen and oxygen atoms in total. The number of anilines is 2. The van der Waals surface area contributed by atoms with Crippen molar-refractivity contribution >= 4 is 11.5 Å². The molecule has 0 spiro atoms. The molecule has 28 heavy (non-hydrogen) atoms. The fourth-order valence-corrected chi connectivity index (χ4v) is 3.34. The van der Waals surface area contributed by atoms with Gasteiger partial charge in [-0.15, -0.1) is 0 Å². The van der Waals surface area contributed by atoms with Gasteiger partial charge in [0, 0.05) is 37.8 Å². The quantitative estimate of drug-likeness (QED) is 0.751. The number of aliphatic hydroxyl groups excluding tert-OH is 1. The number of piperazine rings is 1. The Kier molecular flexibility index (Phi) is 5.16. The summed E-state index contributed by atoms with van der Waals surface area (Å²) in [5, 5.41) is 9.17. The second kappa shape index (κ2) is 7.90. The Morgan fingerprint density at radius 2 is 1.61 bits per heavy atom. The van der Waals surface area contributed by atoms with Gasteiger partial charge in [0.2, 0.25) is 0 Å². The van der Waals surface area contributed by atoms with Crippen LogP contribution in [0.2, 0.25) is 0 Å². The largest absolute Gasteiger partial charge is 0.392 e. The van der Waals surface area contributed by atoms with E-state index in [0.29, 0.717) is 31.9 Å². The summed E-state index contributed by atoms with van der Waals surface area (Å²) in [6.45, 7) is 2.56. The molecule has 1 fully saturated rings. The van der Waals surface area contributed by atoms with Crippen molar-refractivity contribution in [2.24, 2.45) is 0 Å². The highest BCUT2D eigenvalue weighted by Crippen LogP contribution is 2.24. The van der Waals surface area contributed by atoms with Crippen LogP contribution in [0.5, 0.6) is 0 Å². The van der Waals surface area contributed by atoms with Gasteiger partial charge in [-0.3, -0.25) is 4.98 Å². The minimum absolute atomic E-state index is 0.00489. The highest BCUT2D eigenvalue weighted by atomic mass is 19.1. The van der Waals surface area contributed by atoms with E-state index in [1.807, 2.05) is 29.2 Å². The third-order valence-corrected chi connectivity index (χ3v) is 4.91. The zero-order chi connectivity index (χ0) is 19.5. The van der Waals surface area contributed by atoms with E-state index < -0.39 is 11.6 Å². The first-order valence-corrected chi connectivity index (χ1v) is 9.11. The van der Waals surface area contributed by atoms with Crippen LogP contribution in [0, 0.1) is 11.6 Å². The normalized spacial score (nSPS) is 14.4. The second-order valence-corrected chi connectivity index (χ2v) is 6.69. The van der Waals surface area contributed by atoms with E-state index in [1.54, 1.807) is 12.4 Å². The van der Waals surface area contributed by atoms with E-state index in [-0.39, 0.29) is 6.61 Å². The number of halogens is 2. The van der Waals surface area contributed by atoms with Crippen LogP contribution in [0.1, 0.15) is 5.56 Å². The highest BCUT2D eigenvalue weighted by molar-refractivity contribution is 5.61. The first-order chi connectivity index (χ1) is 13.6. The monoisotopic (exact) mass is 382 g/mol. The molecule has 0 radical (unpaired) electrons. The van der Waals surface area contributed by atoms with Crippen LogP contribution in [0.25, 0.3) is 11.3 Å². The van der Waals surface area contributed by atoms with Gasteiger partial charge < -0.3 is 14.9 Å². The standard InChI is InChI=1S/C21H20F2N4O/c22-17-5-6-20(18(23)11-17)26-7-9-27(10-8-26)21-13-24-12-19(25-21)16-3-1-15(14-28)2-4-16/h1-6,11-13,28H,7-10,14H2. The summed E-state index contributed by atoms with van der Waals surface area (Å²) in [6.07, 6.45) is 3.43. The van der Waals surface area contributed by atoms with Crippen molar-refractivity contribution in [3.05, 3.63) is 72.1 Å². The van der Waals surface area contributed by atoms with E-state index in [0.717, 1.165) is 28.7 Å². The topological polar surface area (TPSA) is 52.5 Å². The Hall–Kier alpha value is -3.06. The molecule has 7 heteroatoms. The Balaban J connectivity index is 1.47. The van der Waals surface area contributed by atoms with E-state index in [1.165, 1.54) is 12.1 Å². The molecule has 0 bridgehead atoms. The molecule has 2 heterocycles. The minimum Gasteiger partial charge on any atom is -0.392 e. The van der Waals surface area contributed by atoms with E-state index in [2.05, 4.69) is 9.88 Å². The molecule has 2 aromatic carbocycles. The van der Waals surface area contributed by atoms with E-state index >= 15 is 0 Å². The van der Waals surface area contributed by atoms with Gasteiger partial charge in [-0.25, -0.2) is 13.8 Å². The molecule has 1 N–H and O–H groups in total. The lowest BCUT2D eigenvalue weighted by Crippen LogP contribution is -2.47. The molecule has 3 aromatic rings. The summed E-state index contributed by atoms with van der Waals surface area (Å²) < 4.78 is 27.1. The Morgan fingerprint density at radius 3 is 2.29 bits per heavy atom. The van der Waals surface area contributed by atoms with Gasteiger partial charge in [0.15, 0.2) is 0 Å². The zero-order valence-corrected chi connectivity index (χ0v) is 15.2. The van der Waals surface area contributed by atoms with Crippen molar-refractivity contribution in [1.82, 2.24) is 9.97 Å². The summed E-state index contributed by atoms with van der Waals surface area (Å²) in [6, 6.07) is 11.2. The SMILES string of the molecule is OCc1ccc(-c2cncc(N3CCN(c4ccc(F)cc4F)CC3)n2)cc1.